The minimum atomic E-state index is -2.60. The predicted octanol–water partition coefficient (Wildman–Crippen LogP) is 3.16. The third-order valence-corrected chi connectivity index (χ3v) is 3.24. The van der Waals surface area contributed by atoms with Crippen molar-refractivity contribution < 1.29 is 12.9 Å². The standard InChI is InChI=1S/C14H23NO3S/c1-13(2,3)9-14(4,5)10-6-7-12(11(15)8-10)18-19(16)17/h6-8H,9,15H2,1-5H3,(H,16,17)/p-1. The first-order valence-electron chi connectivity index (χ1n) is 6.19. The van der Waals surface area contributed by atoms with Crippen LogP contribution >= 0.6 is 0 Å². The topological polar surface area (TPSA) is 75.4 Å². The Hall–Kier alpha value is -1.07. The summed E-state index contributed by atoms with van der Waals surface area (Å²) >= 11 is -2.60. The molecule has 0 spiro atoms. The Labute approximate surface area is 117 Å². The predicted molar refractivity (Wildman–Crippen MR) is 77.5 cm³/mol. The number of nitrogen functional groups attached to an aromatic ring is 1. The van der Waals surface area contributed by atoms with E-state index in [1.54, 1.807) is 12.1 Å². The highest BCUT2D eigenvalue weighted by molar-refractivity contribution is 7.74. The SMILES string of the molecule is CC(C)(C)CC(C)(C)c1ccc(OS(=O)[O-])c(N)c1. The van der Waals surface area contributed by atoms with E-state index < -0.39 is 11.4 Å². The van der Waals surface area contributed by atoms with Crippen LogP contribution in [0, 0.1) is 5.41 Å². The molecule has 0 aliphatic carbocycles. The van der Waals surface area contributed by atoms with Crippen molar-refractivity contribution in [2.24, 2.45) is 5.41 Å². The zero-order valence-corrected chi connectivity index (χ0v) is 13.0. The van der Waals surface area contributed by atoms with Gasteiger partial charge in [0.2, 0.25) is 0 Å². The summed E-state index contributed by atoms with van der Waals surface area (Å²) in [7, 11) is 0. The first-order valence-corrected chi connectivity index (χ1v) is 7.19. The van der Waals surface area contributed by atoms with E-state index in [0.717, 1.165) is 12.0 Å². The first-order chi connectivity index (χ1) is 8.51. The van der Waals surface area contributed by atoms with Crippen LogP contribution in [0.25, 0.3) is 0 Å². The van der Waals surface area contributed by atoms with Crippen LogP contribution in [-0.4, -0.2) is 8.76 Å². The van der Waals surface area contributed by atoms with Crippen molar-refractivity contribution in [3.8, 4) is 5.75 Å². The minimum Gasteiger partial charge on any atom is -0.740 e. The number of benzene rings is 1. The van der Waals surface area contributed by atoms with E-state index in [1.807, 2.05) is 6.07 Å². The molecule has 0 aliphatic heterocycles. The van der Waals surface area contributed by atoms with Gasteiger partial charge in [-0.1, -0.05) is 40.7 Å². The van der Waals surface area contributed by atoms with Crippen molar-refractivity contribution in [1.29, 1.82) is 0 Å². The smallest absolute Gasteiger partial charge is 0.162 e. The average molecular weight is 284 g/mol. The Morgan fingerprint density at radius 3 is 2.26 bits per heavy atom. The number of rotatable bonds is 4. The third-order valence-electron chi connectivity index (χ3n) is 2.92. The summed E-state index contributed by atoms with van der Waals surface area (Å²) in [5.41, 5.74) is 7.40. The van der Waals surface area contributed by atoms with Crippen LogP contribution in [0.5, 0.6) is 5.75 Å². The van der Waals surface area contributed by atoms with E-state index >= 15 is 0 Å². The monoisotopic (exact) mass is 284 g/mol. The molecule has 1 rings (SSSR count). The molecule has 0 saturated heterocycles. The van der Waals surface area contributed by atoms with Crippen LogP contribution in [-0.2, 0) is 16.8 Å². The Bertz CT molecular complexity index is 478. The maximum absolute atomic E-state index is 10.5. The highest BCUT2D eigenvalue weighted by atomic mass is 32.2. The maximum Gasteiger partial charge on any atom is 0.162 e. The second-order valence-corrected chi connectivity index (χ2v) is 7.24. The van der Waals surface area contributed by atoms with E-state index in [0.29, 0.717) is 5.69 Å². The molecule has 0 saturated carbocycles. The summed E-state index contributed by atoms with van der Waals surface area (Å²) in [6.07, 6.45) is 0.993. The molecule has 5 heteroatoms. The molecule has 4 nitrogen and oxygen atoms in total. The zero-order chi connectivity index (χ0) is 14.8. The second-order valence-electron chi connectivity index (χ2n) is 6.66. The van der Waals surface area contributed by atoms with Gasteiger partial charge in [0.15, 0.2) is 5.75 Å². The largest absolute Gasteiger partial charge is 0.740 e. The van der Waals surface area contributed by atoms with Gasteiger partial charge in [-0.25, -0.2) is 4.21 Å². The Balaban J connectivity index is 3.03. The van der Waals surface area contributed by atoms with Gasteiger partial charge < -0.3 is 14.5 Å². The van der Waals surface area contributed by atoms with Crippen molar-refractivity contribution in [3.63, 3.8) is 0 Å². The molecule has 1 aromatic rings. The lowest BCUT2D eigenvalue weighted by atomic mass is 9.72. The molecule has 1 unspecified atom stereocenters. The quantitative estimate of drug-likeness (QED) is 0.680. The Kier molecular flexibility index (Phi) is 4.63. The number of hydrogen-bond donors (Lipinski definition) is 1. The van der Waals surface area contributed by atoms with Gasteiger partial charge in [-0.05, 0) is 34.9 Å². The molecular weight excluding hydrogens is 262 g/mol. The van der Waals surface area contributed by atoms with Crippen LogP contribution in [0.3, 0.4) is 0 Å². The van der Waals surface area contributed by atoms with Crippen LogP contribution in [0.4, 0.5) is 5.69 Å². The maximum atomic E-state index is 10.5. The van der Waals surface area contributed by atoms with E-state index in [1.165, 1.54) is 0 Å². The van der Waals surface area contributed by atoms with Crippen LogP contribution < -0.4 is 9.92 Å². The Morgan fingerprint density at radius 1 is 1.26 bits per heavy atom. The van der Waals surface area contributed by atoms with E-state index in [9.17, 15) is 8.76 Å². The molecule has 0 amide bonds. The van der Waals surface area contributed by atoms with Crippen molar-refractivity contribution >= 4 is 17.0 Å². The fraction of sp³-hybridized carbons (Fsp3) is 0.571. The molecule has 2 N–H and O–H groups in total. The lowest BCUT2D eigenvalue weighted by Gasteiger charge is -2.33. The highest BCUT2D eigenvalue weighted by Crippen LogP contribution is 2.38. The van der Waals surface area contributed by atoms with Gasteiger partial charge in [0.05, 0.1) is 5.69 Å². The second kappa shape index (κ2) is 5.51. The van der Waals surface area contributed by atoms with E-state index in [-0.39, 0.29) is 16.6 Å². The van der Waals surface area contributed by atoms with Gasteiger partial charge in [0.1, 0.15) is 11.4 Å². The zero-order valence-electron chi connectivity index (χ0n) is 12.1. The van der Waals surface area contributed by atoms with Crippen molar-refractivity contribution in [2.75, 3.05) is 5.73 Å². The lowest BCUT2D eigenvalue weighted by Crippen LogP contribution is -2.25. The number of anilines is 1. The molecular formula is C14H22NO3S-. The lowest BCUT2D eigenvalue weighted by molar-refractivity contribution is 0.284. The molecule has 19 heavy (non-hydrogen) atoms. The van der Waals surface area contributed by atoms with Crippen molar-refractivity contribution in [1.82, 2.24) is 0 Å². The summed E-state index contributed by atoms with van der Waals surface area (Å²) in [4.78, 5) is 0. The molecule has 0 aliphatic rings. The van der Waals surface area contributed by atoms with Crippen LogP contribution in [0.2, 0.25) is 0 Å². The molecule has 1 atom stereocenters. The van der Waals surface area contributed by atoms with E-state index in [4.69, 9.17) is 5.73 Å². The molecule has 108 valence electrons. The van der Waals surface area contributed by atoms with Gasteiger partial charge in [-0.2, -0.15) is 0 Å². The fourth-order valence-electron chi connectivity index (χ4n) is 2.55. The number of nitrogens with two attached hydrogens (primary N) is 1. The number of hydrogen-bond acceptors (Lipinski definition) is 4. The van der Waals surface area contributed by atoms with Gasteiger partial charge in [0.25, 0.3) is 0 Å². The Morgan fingerprint density at radius 2 is 1.84 bits per heavy atom. The molecule has 0 aromatic heterocycles. The molecule has 0 fully saturated rings. The van der Waals surface area contributed by atoms with Crippen molar-refractivity contribution in [2.45, 2.75) is 46.5 Å². The molecule has 0 heterocycles. The van der Waals surface area contributed by atoms with Gasteiger partial charge in [-0.15, -0.1) is 0 Å². The van der Waals surface area contributed by atoms with Crippen molar-refractivity contribution in [3.05, 3.63) is 23.8 Å². The van der Waals surface area contributed by atoms with E-state index in [2.05, 4.69) is 38.8 Å². The molecule has 0 radical (unpaired) electrons. The van der Waals surface area contributed by atoms with Gasteiger partial charge in [0, 0.05) is 0 Å². The summed E-state index contributed by atoms with van der Waals surface area (Å²) in [5.74, 6) is 0.170. The normalized spacial score (nSPS) is 14.2. The van der Waals surface area contributed by atoms with Crippen LogP contribution in [0.1, 0.15) is 46.6 Å². The average Bonchev–Trinajstić information content (AvgIpc) is 2.16. The van der Waals surface area contributed by atoms with Crippen LogP contribution in [0.15, 0.2) is 18.2 Å². The molecule has 1 aromatic carbocycles. The minimum absolute atomic E-state index is 0.0402. The van der Waals surface area contributed by atoms with Gasteiger partial charge in [-0.3, -0.25) is 0 Å². The highest BCUT2D eigenvalue weighted by Gasteiger charge is 2.27. The fourth-order valence-corrected chi connectivity index (χ4v) is 2.84. The summed E-state index contributed by atoms with van der Waals surface area (Å²) in [6, 6.07) is 5.25. The molecule has 0 bridgehead atoms. The first kappa shape index (κ1) is 16.0. The summed E-state index contributed by atoms with van der Waals surface area (Å²) < 4.78 is 25.6. The summed E-state index contributed by atoms with van der Waals surface area (Å²) in [5, 5.41) is 0. The van der Waals surface area contributed by atoms with Gasteiger partial charge >= 0.3 is 0 Å². The third kappa shape index (κ3) is 4.84. The summed E-state index contributed by atoms with van der Waals surface area (Å²) in [6.45, 7) is 10.9.